The summed E-state index contributed by atoms with van der Waals surface area (Å²) in [7, 11) is 0. The topological polar surface area (TPSA) is 89.4 Å². The van der Waals surface area contributed by atoms with E-state index in [-0.39, 0.29) is 17.1 Å². The van der Waals surface area contributed by atoms with Gasteiger partial charge in [0.15, 0.2) is 0 Å². The third kappa shape index (κ3) is 1.83. The van der Waals surface area contributed by atoms with Crippen LogP contribution in [0.2, 0.25) is 0 Å². The van der Waals surface area contributed by atoms with Crippen molar-refractivity contribution in [3.05, 3.63) is 16.8 Å². The number of aromatic nitrogens is 1. The second-order valence-electron chi connectivity index (χ2n) is 2.14. The first-order valence-electron chi connectivity index (χ1n) is 3.19. The number of aliphatic carboxylic acids is 1. The van der Waals surface area contributed by atoms with Crippen molar-refractivity contribution in [1.82, 2.24) is 4.98 Å². The Hall–Kier alpha value is -0.880. The van der Waals surface area contributed by atoms with Crippen molar-refractivity contribution in [2.24, 2.45) is 5.73 Å². The van der Waals surface area contributed by atoms with E-state index in [0.717, 1.165) is 0 Å². The molecule has 0 saturated heterocycles. The van der Waals surface area contributed by atoms with Crippen molar-refractivity contribution in [3.63, 3.8) is 0 Å². The molecule has 1 rings (SSSR count). The molecular weight excluding hydrogens is 228 g/mol. The van der Waals surface area contributed by atoms with Crippen molar-refractivity contribution in [1.29, 1.82) is 0 Å². The number of nitrogens with two attached hydrogens (primary N) is 1. The first kappa shape index (κ1) is 9.21. The summed E-state index contributed by atoms with van der Waals surface area (Å²) in [5.74, 6) is -1.57. The third-order valence-corrected chi connectivity index (χ3v) is 1.74. The Morgan fingerprint density at radius 1 is 1.92 bits per heavy atom. The number of nitrogens with zero attached hydrogens (tertiary/aromatic N) is 1. The SMILES string of the molecule is NCC(C(=O)O)c1cnc(Br)o1. The fraction of sp³-hybridized carbons (Fsp3) is 0.333. The molecule has 6 heteroatoms. The zero-order valence-electron chi connectivity index (χ0n) is 6.03. The summed E-state index contributed by atoms with van der Waals surface area (Å²) in [5, 5.41) is 8.65. The fourth-order valence-corrected chi connectivity index (χ4v) is 1.05. The Balaban J connectivity index is 2.87. The lowest BCUT2D eigenvalue weighted by molar-refractivity contribution is -0.138. The number of carboxylic acid groups (broad SMARTS) is 1. The zero-order chi connectivity index (χ0) is 9.14. The average molecular weight is 235 g/mol. The van der Waals surface area contributed by atoms with E-state index in [1.807, 2.05) is 0 Å². The molecule has 5 nitrogen and oxygen atoms in total. The number of carbonyl (C=O) groups is 1. The number of oxazole rings is 1. The molecule has 0 aliphatic heterocycles. The largest absolute Gasteiger partial charge is 0.481 e. The molecule has 0 saturated carbocycles. The molecule has 1 heterocycles. The van der Waals surface area contributed by atoms with Gasteiger partial charge in [0.1, 0.15) is 11.7 Å². The second-order valence-corrected chi connectivity index (χ2v) is 2.82. The van der Waals surface area contributed by atoms with Gasteiger partial charge in [-0.2, -0.15) is 0 Å². The molecule has 0 aliphatic carbocycles. The highest BCUT2D eigenvalue weighted by molar-refractivity contribution is 9.10. The molecular formula is C6H7BrN2O3. The average Bonchev–Trinajstić information content (AvgIpc) is 2.37. The molecule has 0 bridgehead atoms. The molecule has 0 aromatic carbocycles. The standard InChI is InChI=1S/C6H7BrN2O3/c7-6-9-2-4(12-6)3(1-8)5(10)11/h2-3H,1,8H2,(H,10,11). The Morgan fingerprint density at radius 2 is 2.58 bits per heavy atom. The van der Waals surface area contributed by atoms with Gasteiger partial charge in [0.2, 0.25) is 0 Å². The monoisotopic (exact) mass is 234 g/mol. The molecule has 12 heavy (non-hydrogen) atoms. The van der Waals surface area contributed by atoms with E-state index in [2.05, 4.69) is 20.9 Å². The van der Waals surface area contributed by atoms with Gasteiger partial charge in [-0.15, -0.1) is 0 Å². The Labute approximate surface area is 76.7 Å². The molecule has 0 fully saturated rings. The molecule has 1 aromatic rings. The molecule has 0 aliphatic rings. The molecule has 0 spiro atoms. The lowest BCUT2D eigenvalue weighted by atomic mass is 10.1. The predicted molar refractivity (Wildman–Crippen MR) is 43.6 cm³/mol. The molecule has 66 valence electrons. The van der Waals surface area contributed by atoms with Crippen molar-refractivity contribution in [3.8, 4) is 0 Å². The Morgan fingerprint density at radius 3 is 2.92 bits per heavy atom. The summed E-state index contributed by atoms with van der Waals surface area (Å²) in [6.45, 7) is -0.00301. The summed E-state index contributed by atoms with van der Waals surface area (Å²) < 4.78 is 4.94. The smallest absolute Gasteiger partial charge is 0.315 e. The van der Waals surface area contributed by atoms with Crippen LogP contribution < -0.4 is 5.73 Å². The van der Waals surface area contributed by atoms with Gasteiger partial charge in [0.05, 0.1) is 6.20 Å². The maximum Gasteiger partial charge on any atom is 0.315 e. The van der Waals surface area contributed by atoms with E-state index in [4.69, 9.17) is 15.3 Å². The van der Waals surface area contributed by atoms with Gasteiger partial charge in [-0.1, -0.05) is 0 Å². The minimum Gasteiger partial charge on any atom is -0.481 e. The fourth-order valence-electron chi connectivity index (χ4n) is 0.764. The maximum atomic E-state index is 10.6. The number of carboxylic acids is 1. The van der Waals surface area contributed by atoms with Crippen LogP contribution in [0.5, 0.6) is 0 Å². The van der Waals surface area contributed by atoms with Crippen LogP contribution in [0.4, 0.5) is 0 Å². The third-order valence-electron chi connectivity index (χ3n) is 1.37. The van der Waals surface area contributed by atoms with Crippen LogP contribution in [-0.2, 0) is 4.79 Å². The summed E-state index contributed by atoms with van der Waals surface area (Å²) >= 11 is 2.97. The van der Waals surface area contributed by atoms with Crippen LogP contribution in [0.25, 0.3) is 0 Å². The van der Waals surface area contributed by atoms with Crippen molar-refractivity contribution in [2.45, 2.75) is 5.92 Å². The van der Waals surface area contributed by atoms with Crippen LogP contribution in [0.1, 0.15) is 11.7 Å². The van der Waals surface area contributed by atoms with Crippen LogP contribution in [0, 0.1) is 0 Å². The minimum absolute atomic E-state index is 0.00301. The molecule has 1 aromatic heterocycles. The Bertz CT molecular complexity index is 286. The molecule has 0 radical (unpaired) electrons. The molecule has 3 N–H and O–H groups in total. The number of rotatable bonds is 3. The van der Waals surface area contributed by atoms with Crippen molar-refractivity contribution in [2.75, 3.05) is 6.54 Å². The zero-order valence-corrected chi connectivity index (χ0v) is 7.61. The lowest BCUT2D eigenvalue weighted by Gasteiger charge is -2.03. The molecule has 1 atom stereocenters. The van der Waals surface area contributed by atoms with Gasteiger partial charge in [0, 0.05) is 22.5 Å². The number of halogens is 1. The van der Waals surface area contributed by atoms with Gasteiger partial charge in [-0.05, 0) is 0 Å². The summed E-state index contributed by atoms with van der Waals surface area (Å²) in [4.78, 5) is 14.5. The summed E-state index contributed by atoms with van der Waals surface area (Å²) in [6.07, 6.45) is 1.34. The van der Waals surface area contributed by atoms with E-state index in [1.54, 1.807) is 0 Å². The number of hydrogen-bond acceptors (Lipinski definition) is 4. The maximum absolute atomic E-state index is 10.6. The van der Waals surface area contributed by atoms with Gasteiger partial charge in [-0.25, -0.2) is 4.98 Å². The Kier molecular flexibility index (Phi) is 2.83. The summed E-state index contributed by atoms with van der Waals surface area (Å²) in [6, 6.07) is 0. The van der Waals surface area contributed by atoms with E-state index >= 15 is 0 Å². The highest BCUT2D eigenvalue weighted by Crippen LogP contribution is 2.18. The highest BCUT2D eigenvalue weighted by atomic mass is 79.9. The predicted octanol–water partition coefficient (Wildman–Crippen LogP) is 0.564. The van der Waals surface area contributed by atoms with Crippen LogP contribution in [0.15, 0.2) is 15.4 Å². The van der Waals surface area contributed by atoms with E-state index in [0.29, 0.717) is 0 Å². The lowest BCUT2D eigenvalue weighted by Crippen LogP contribution is -2.20. The van der Waals surface area contributed by atoms with Gasteiger partial charge in [-0.3, -0.25) is 4.79 Å². The van der Waals surface area contributed by atoms with Gasteiger partial charge < -0.3 is 15.3 Å². The van der Waals surface area contributed by atoms with E-state index < -0.39 is 11.9 Å². The quantitative estimate of drug-likeness (QED) is 0.798. The molecule has 1 unspecified atom stereocenters. The van der Waals surface area contributed by atoms with E-state index in [9.17, 15) is 4.79 Å². The number of hydrogen-bond donors (Lipinski definition) is 2. The van der Waals surface area contributed by atoms with E-state index in [1.165, 1.54) is 6.20 Å². The van der Waals surface area contributed by atoms with Gasteiger partial charge in [0.25, 0.3) is 4.80 Å². The highest BCUT2D eigenvalue weighted by Gasteiger charge is 2.21. The first-order valence-corrected chi connectivity index (χ1v) is 3.98. The van der Waals surface area contributed by atoms with Gasteiger partial charge >= 0.3 is 5.97 Å². The minimum atomic E-state index is -1.01. The van der Waals surface area contributed by atoms with Crippen molar-refractivity contribution < 1.29 is 14.3 Å². The van der Waals surface area contributed by atoms with Crippen LogP contribution >= 0.6 is 15.9 Å². The van der Waals surface area contributed by atoms with Crippen molar-refractivity contribution >= 4 is 21.9 Å². The second kappa shape index (κ2) is 3.68. The first-order chi connectivity index (χ1) is 5.65. The summed E-state index contributed by atoms with van der Waals surface area (Å²) in [5.41, 5.74) is 5.23. The van der Waals surface area contributed by atoms with Crippen LogP contribution in [-0.4, -0.2) is 22.6 Å². The van der Waals surface area contributed by atoms with Crippen LogP contribution in [0.3, 0.4) is 0 Å². The normalized spacial score (nSPS) is 12.8. The molecule has 0 amide bonds.